The van der Waals surface area contributed by atoms with E-state index >= 15 is 0 Å². The molecule has 0 unspecified atom stereocenters. The average molecular weight is 275 g/mol. The summed E-state index contributed by atoms with van der Waals surface area (Å²) < 4.78 is 12.8. The van der Waals surface area contributed by atoms with E-state index in [0.717, 1.165) is 0 Å². The number of nitrogens with two attached hydrogens (primary N) is 1. The standard InChI is InChI=1S/C13H14FN5O/c1-7-8(2)16-13(18-11(7)20)19-12(15)17-10-5-3-9(14)4-6-10/h3-6H,1-2H3,(H4,15,16,17,18,19,20). The van der Waals surface area contributed by atoms with Crippen LogP contribution in [0.4, 0.5) is 16.0 Å². The lowest BCUT2D eigenvalue weighted by atomic mass is 10.3. The van der Waals surface area contributed by atoms with Crippen molar-refractivity contribution in [3.05, 3.63) is 51.7 Å². The van der Waals surface area contributed by atoms with E-state index in [1.54, 1.807) is 13.8 Å². The van der Waals surface area contributed by atoms with Crippen LogP contribution in [0.25, 0.3) is 0 Å². The number of benzene rings is 1. The lowest BCUT2D eigenvalue weighted by Crippen LogP contribution is -2.23. The van der Waals surface area contributed by atoms with Gasteiger partial charge in [-0.3, -0.25) is 9.78 Å². The van der Waals surface area contributed by atoms with Gasteiger partial charge in [0.1, 0.15) is 5.82 Å². The fraction of sp³-hybridized carbons (Fsp3) is 0.154. The highest BCUT2D eigenvalue weighted by Crippen LogP contribution is 2.09. The van der Waals surface area contributed by atoms with Crippen molar-refractivity contribution in [2.45, 2.75) is 13.8 Å². The van der Waals surface area contributed by atoms with E-state index in [1.807, 2.05) is 0 Å². The van der Waals surface area contributed by atoms with E-state index in [9.17, 15) is 9.18 Å². The molecule has 0 saturated heterocycles. The van der Waals surface area contributed by atoms with Gasteiger partial charge in [0.05, 0.1) is 0 Å². The topological polar surface area (TPSA) is 96.2 Å². The number of rotatable bonds is 2. The van der Waals surface area contributed by atoms with E-state index in [-0.39, 0.29) is 23.3 Å². The van der Waals surface area contributed by atoms with Gasteiger partial charge in [-0.25, -0.2) is 9.37 Å². The number of aryl methyl sites for hydroxylation is 1. The molecule has 0 fully saturated rings. The third-order valence-electron chi connectivity index (χ3n) is 2.73. The van der Waals surface area contributed by atoms with Crippen LogP contribution in [0.5, 0.6) is 0 Å². The van der Waals surface area contributed by atoms with Crippen LogP contribution in [0, 0.1) is 19.7 Å². The third-order valence-corrected chi connectivity index (χ3v) is 2.73. The van der Waals surface area contributed by atoms with E-state index in [1.165, 1.54) is 24.3 Å². The monoisotopic (exact) mass is 275 g/mol. The Kier molecular flexibility index (Phi) is 3.79. The molecule has 0 bridgehead atoms. The number of H-pyrrole nitrogens is 1. The van der Waals surface area contributed by atoms with Gasteiger partial charge in [0, 0.05) is 16.9 Å². The van der Waals surface area contributed by atoms with Crippen molar-refractivity contribution in [3.63, 3.8) is 0 Å². The Morgan fingerprint density at radius 2 is 2.00 bits per heavy atom. The van der Waals surface area contributed by atoms with E-state index in [2.05, 4.69) is 20.3 Å². The summed E-state index contributed by atoms with van der Waals surface area (Å²) in [5, 5.41) is 2.77. The summed E-state index contributed by atoms with van der Waals surface area (Å²) in [7, 11) is 0. The summed E-state index contributed by atoms with van der Waals surface area (Å²) in [6.07, 6.45) is 0. The van der Waals surface area contributed by atoms with Crippen LogP contribution in [-0.4, -0.2) is 15.9 Å². The molecular formula is C13H14FN5O. The summed E-state index contributed by atoms with van der Waals surface area (Å²) in [6.45, 7) is 3.39. The number of hydrogen-bond donors (Lipinski definition) is 3. The second-order valence-electron chi connectivity index (χ2n) is 4.23. The minimum Gasteiger partial charge on any atom is -0.369 e. The van der Waals surface area contributed by atoms with Crippen LogP contribution in [0.2, 0.25) is 0 Å². The highest BCUT2D eigenvalue weighted by atomic mass is 19.1. The molecule has 0 aliphatic rings. The molecule has 0 atom stereocenters. The molecule has 0 amide bonds. The first-order valence-electron chi connectivity index (χ1n) is 5.90. The number of nitrogens with zero attached hydrogens (tertiary/aromatic N) is 2. The lowest BCUT2D eigenvalue weighted by Gasteiger charge is -2.05. The fourth-order valence-corrected chi connectivity index (χ4v) is 1.51. The zero-order valence-corrected chi connectivity index (χ0v) is 11.1. The summed E-state index contributed by atoms with van der Waals surface area (Å²) in [5.41, 5.74) is 7.14. The maximum absolute atomic E-state index is 12.8. The van der Waals surface area contributed by atoms with Gasteiger partial charge >= 0.3 is 0 Å². The van der Waals surface area contributed by atoms with Gasteiger partial charge in [-0.05, 0) is 38.1 Å². The molecule has 20 heavy (non-hydrogen) atoms. The molecule has 0 radical (unpaired) electrons. The Morgan fingerprint density at radius 3 is 2.60 bits per heavy atom. The first-order valence-corrected chi connectivity index (χ1v) is 5.90. The Hall–Kier alpha value is -2.70. The SMILES string of the molecule is Cc1nc(N=C(N)Nc2ccc(F)cc2)[nH]c(=O)c1C. The maximum atomic E-state index is 12.8. The van der Waals surface area contributed by atoms with Crippen LogP contribution >= 0.6 is 0 Å². The Bertz CT molecular complexity index is 706. The summed E-state index contributed by atoms with van der Waals surface area (Å²) >= 11 is 0. The molecule has 104 valence electrons. The fourth-order valence-electron chi connectivity index (χ4n) is 1.51. The van der Waals surface area contributed by atoms with Crippen molar-refractivity contribution in [1.29, 1.82) is 0 Å². The van der Waals surface area contributed by atoms with Gasteiger partial charge in [-0.1, -0.05) is 0 Å². The van der Waals surface area contributed by atoms with E-state index < -0.39 is 0 Å². The molecule has 0 aliphatic carbocycles. The summed E-state index contributed by atoms with van der Waals surface area (Å²) in [4.78, 5) is 22.1. The van der Waals surface area contributed by atoms with E-state index in [4.69, 9.17) is 5.73 Å². The number of anilines is 1. The number of hydrogen-bond acceptors (Lipinski definition) is 3. The average Bonchev–Trinajstić information content (AvgIpc) is 2.38. The Morgan fingerprint density at radius 1 is 1.35 bits per heavy atom. The van der Waals surface area contributed by atoms with Crippen LogP contribution in [0.1, 0.15) is 11.3 Å². The molecule has 1 heterocycles. The van der Waals surface area contributed by atoms with Gasteiger partial charge in [0.15, 0.2) is 0 Å². The molecule has 0 aliphatic heterocycles. The van der Waals surface area contributed by atoms with Crippen LogP contribution in [-0.2, 0) is 0 Å². The molecule has 6 nitrogen and oxygen atoms in total. The van der Waals surface area contributed by atoms with E-state index in [0.29, 0.717) is 16.9 Å². The number of aromatic amines is 1. The van der Waals surface area contributed by atoms with Gasteiger partial charge < -0.3 is 11.1 Å². The molecule has 2 aromatic rings. The molecule has 4 N–H and O–H groups in total. The van der Waals surface area contributed by atoms with Crippen molar-refractivity contribution in [2.24, 2.45) is 10.7 Å². The molecule has 0 saturated carbocycles. The first-order chi connectivity index (χ1) is 9.45. The molecule has 2 rings (SSSR count). The highest BCUT2D eigenvalue weighted by Gasteiger charge is 2.03. The maximum Gasteiger partial charge on any atom is 0.255 e. The smallest absolute Gasteiger partial charge is 0.255 e. The normalized spacial score (nSPS) is 11.4. The minimum absolute atomic E-state index is 0.0445. The molecule has 7 heteroatoms. The van der Waals surface area contributed by atoms with Crippen molar-refractivity contribution in [1.82, 2.24) is 9.97 Å². The van der Waals surface area contributed by atoms with Crippen LogP contribution < -0.4 is 16.6 Å². The first kappa shape index (κ1) is 13.7. The summed E-state index contributed by atoms with van der Waals surface area (Å²) in [6, 6.07) is 5.64. The quantitative estimate of drug-likeness (QED) is 0.572. The number of aliphatic imine (C=N–C) groups is 1. The number of nitrogens with one attached hydrogen (secondary N) is 2. The summed E-state index contributed by atoms with van der Waals surface area (Å²) in [5.74, 6) is -0.181. The third kappa shape index (κ3) is 3.19. The number of halogens is 1. The molecular weight excluding hydrogens is 261 g/mol. The highest BCUT2D eigenvalue weighted by molar-refractivity contribution is 5.93. The van der Waals surface area contributed by atoms with Gasteiger partial charge in [-0.2, -0.15) is 4.99 Å². The van der Waals surface area contributed by atoms with Crippen molar-refractivity contribution < 1.29 is 4.39 Å². The molecule has 1 aromatic carbocycles. The predicted octanol–water partition coefficient (Wildman–Crippen LogP) is 1.58. The Balaban J connectivity index is 2.22. The van der Waals surface area contributed by atoms with Crippen LogP contribution in [0.15, 0.2) is 34.1 Å². The van der Waals surface area contributed by atoms with Gasteiger partial charge in [0.25, 0.3) is 5.56 Å². The largest absolute Gasteiger partial charge is 0.369 e. The zero-order valence-electron chi connectivity index (χ0n) is 11.1. The van der Waals surface area contributed by atoms with Crippen molar-refractivity contribution >= 4 is 17.6 Å². The molecule has 1 aromatic heterocycles. The van der Waals surface area contributed by atoms with Gasteiger partial charge in [0.2, 0.25) is 11.9 Å². The second kappa shape index (κ2) is 5.52. The Labute approximate surface area is 114 Å². The number of aromatic nitrogens is 2. The van der Waals surface area contributed by atoms with Gasteiger partial charge in [-0.15, -0.1) is 0 Å². The number of guanidine groups is 1. The predicted molar refractivity (Wildman–Crippen MR) is 75.6 cm³/mol. The van der Waals surface area contributed by atoms with Crippen molar-refractivity contribution in [2.75, 3.05) is 5.32 Å². The lowest BCUT2D eigenvalue weighted by molar-refractivity contribution is 0.628. The van der Waals surface area contributed by atoms with Crippen molar-refractivity contribution in [3.8, 4) is 0 Å². The van der Waals surface area contributed by atoms with Crippen LogP contribution in [0.3, 0.4) is 0 Å². The zero-order chi connectivity index (χ0) is 14.7. The minimum atomic E-state index is -0.341. The second-order valence-corrected chi connectivity index (χ2v) is 4.23. The molecule has 0 spiro atoms.